The third kappa shape index (κ3) is 34.1. The molecule has 1 aromatic rings. The van der Waals surface area contributed by atoms with E-state index in [0.717, 1.165) is 148 Å². The van der Waals surface area contributed by atoms with Crippen molar-refractivity contribution in [2.45, 2.75) is 361 Å². The Labute approximate surface area is 686 Å². The number of rotatable bonds is 18. The molecular weight excluding hydrogens is 1590 g/mol. The van der Waals surface area contributed by atoms with Crippen LogP contribution < -0.4 is 0 Å². The fourth-order valence-electron chi connectivity index (χ4n) is 15.0. The Hall–Kier alpha value is -4.70. The van der Waals surface area contributed by atoms with E-state index in [1.54, 1.807) is 0 Å². The number of benzene rings is 1. The third-order valence-corrected chi connectivity index (χ3v) is 34.5. The lowest BCUT2D eigenvalue weighted by molar-refractivity contribution is -0.384. The van der Waals surface area contributed by atoms with Gasteiger partial charge in [-0.3, -0.25) is 43.7 Å². The largest absolute Gasteiger partial charge is 0.481 e. The van der Waals surface area contributed by atoms with Crippen LogP contribution in [0.3, 0.4) is 0 Å². The molecule has 0 heterocycles. The highest BCUT2D eigenvalue weighted by atomic mass is 127. The van der Waals surface area contributed by atoms with Gasteiger partial charge in [0.2, 0.25) is 0 Å². The number of carboxylic acid groups (broad SMARTS) is 1. The zero-order valence-electron chi connectivity index (χ0n) is 72.2. The van der Waals surface area contributed by atoms with Gasteiger partial charge in [0.1, 0.15) is 6.10 Å². The summed E-state index contributed by atoms with van der Waals surface area (Å²) in [5, 5.41) is 56.5. The molecule has 112 heavy (non-hydrogen) atoms. The number of nitrogens with zero attached hydrogens (tertiary/aromatic N) is 1. The van der Waals surface area contributed by atoms with Gasteiger partial charge in [-0.25, -0.2) is 4.79 Å². The number of nitro groups is 1. The third-order valence-electron chi connectivity index (χ3n) is 25.4. The maximum atomic E-state index is 12.1. The highest BCUT2D eigenvalue weighted by molar-refractivity contribution is 14.1. The topological polar surface area (TPSA) is 364 Å². The molecule has 648 valence electrons. The lowest BCUT2D eigenvalue weighted by Gasteiger charge is -2.43. The summed E-state index contributed by atoms with van der Waals surface area (Å²) in [6.07, 6.45) is 24.2. The van der Waals surface area contributed by atoms with E-state index in [1.807, 2.05) is 20.8 Å². The van der Waals surface area contributed by atoms with Crippen LogP contribution in [0.25, 0.3) is 0 Å². The van der Waals surface area contributed by atoms with Gasteiger partial charge in [0.05, 0.1) is 117 Å². The van der Waals surface area contributed by atoms with Crippen molar-refractivity contribution in [3.8, 4) is 0 Å². The number of nitro benzene ring substituents is 1. The Morgan fingerprint density at radius 2 is 0.670 bits per heavy atom. The molecule has 0 aromatic heterocycles. The summed E-state index contributed by atoms with van der Waals surface area (Å²) in [6, 6.07) is 5.32. The molecule has 0 radical (unpaired) electrons. The van der Waals surface area contributed by atoms with E-state index in [-0.39, 0.29) is 122 Å². The first-order valence-electron chi connectivity index (χ1n) is 41.1. The molecule has 0 aliphatic heterocycles. The Kier molecular flexibility index (Phi) is 47.8. The molecule has 28 heteroatoms. The van der Waals surface area contributed by atoms with Crippen LogP contribution in [0, 0.1) is 49.5 Å². The van der Waals surface area contributed by atoms with Crippen LogP contribution in [-0.2, 0) is 75.6 Å². The predicted octanol–water partition coefficient (Wildman–Crippen LogP) is 17.3. The Bertz CT molecular complexity index is 2890. The van der Waals surface area contributed by atoms with Crippen molar-refractivity contribution >= 4 is 92.7 Å². The van der Waals surface area contributed by atoms with E-state index in [0.29, 0.717) is 70.0 Å². The predicted molar refractivity (Wildman–Crippen MR) is 445 cm³/mol. The second-order valence-electron chi connectivity index (χ2n) is 34.5. The molecule has 0 spiro atoms. The number of methoxy groups -OCH3 is 6. The molecule has 7 saturated carbocycles. The lowest BCUT2D eigenvalue weighted by atomic mass is 9.71. The van der Waals surface area contributed by atoms with Gasteiger partial charge < -0.3 is 67.5 Å². The fraction of sp³-hybridized carbons (Fsp3) is 0.833. The fourth-order valence-corrected chi connectivity index (χ4v) is 17.9. The van der Waals surface area contributed by atoms with Crippen molar-refractivity contribution < 1.29 is 111 Å². The van der Waals surface area contributed by atoms with E-state index in [4.69, 9.17) is 52.6 Å². The first kappa shape index (κ1) is 105. The molecule has 5 N–H and O–H groups in total. The van der Waals surface area contributed by atoms with Crippen LogP contribution >= 0.6 is 22.6 Å². The zero-order chi connectivity index (χ0) is 85.7. The van der Waals surface area contributed by atoms with Crippen molar-refractivity contribution in [3.05, 3.63) is 39.9 Å². The summed E-state index contributed by atoms with van der Waals surface area (Å²) < 4.78 is 48.5. The molecule has 25 nitrogen and oxygen atoms in total. The number of aliphatic carboxylic acids is 1. The summed E-state index contributed by atoms with van der Waals surface area (Å²) >= 11 is 2.29. The number of esters is 7. The van der Waals surface area contributed by atoms with Crippen molar-refractivity contribution in [1.82, 2.24) is 0 Å². The average molecular weight is 1740 g/mol. The highest BCUT2D eigenvalue weighted by Gasteiger charge is 2.47. The summed E-state index contributed by atoms with van der Waals surface area (Å²) in [5.41, 5.74) is -1.16. The number of carboxylic acids is 1. The quantitative estimate of drug-likeness (QED) is 0.0173. The number of aliphatic hydroxyl groups excluding tert-OH is 4. The first-order chi connectivity index (χ1) is 52.3. The second-order valence-corrected chi connectivity index (χ2v) is 45.5. The molecule has 0 saturated heterocycles. The number of carbonyl (C=O) groups excluding carboxylic acids is 7. The van der Waals surface area contributed by atoms with Gasteiger partial charge in [0.15, 0.2) is 16.6 Å². The summed E-state index contributed by atoms with van der Waals surface area (Å²) in [7, 11) is 5.27. The molecule has 7 aliphatic carbocycles. The summed E-state index contributed by atoms with van der Waals surface area (Å²) in [4.78, 5) is 102. The van der Waals surface area contributed by atoms with Crippen molar-refractivity contribution in [2.24, 2.45) is 39.4 Å². The molecule has 1 aromatic carbocycles. The Morgan fingerprint density at radius 1 is 0.420 bits per heavy atom. The maximum Gasteiger partial charge on any atom is 0.338 e. The maximum absolute atomic E-state index is 12.1. The standard InChI is InChI=1S/C17H21NO6.C16H32O3Si.C14H28O3Si.2C10H18O3.C8H14O3.C7H12O3.C2H5I/c1-3-17(16(20)23-2)10-8-14(9-11-17)24-15(19)12-4-6-13(7-5-12)18(21)22;1-8-16(14(17)18-5)11-9-13(10-12-16)19-20(6,7)15(2,3)4;1-14(2,3)18(5,6)17-12-9-7-11(8-10-12)13(15)16-4;2*1-3-10(9(12)13-2)6-4-8(11)5-7-10;1-11-8(10)6-2-4-7(9)5-3-6;8-6-3-1-5(2-4-6)7(9)10;1-2-3/h4-7,14H,3,8-11H2,1-2H3;13H,8-12H2,1-7H3;11-12H,7-10H2,1-6H3;2*8,11H,3-7H2,1-2H3;6-7,9H,2-5H2,1H3;5-6,8H,1-4H2,(H,9,10);2H2,1H3. The molecule has 0 bridgehead atoms. The number of halogens is 1. The summed E-state index contributed by atoms with van der Waals surface area (Å²) in [6.45, 7) is 33.0. The Balaban J connectivity index is 0.000000661. The van der Waals surface area contributed by atoms with Crippen LogP contribution in [0.4, 0.5) is 5.69 Å². The molecule has 7 fully saturated rings. The van der Waals surface area contributed by atoms with Gasteiger partial charge in [-0.15, -0.1) is 0 Å². The van der Waals surface area contributed by atoms with Gasteiger partial charge in [-0.1, -0.05) is 98.8 Å². The second kappa shape index (κ2) is 50.8. The number of hydrogen-bond donors (Lipinski definition) is 5. The molecule has 8 rings (SSSR count). The van der Waals surface area contributed by atoms with Crippen molar-refractivity contribution in [1.29, 1.82) is 0 Å². The van der Waals surface area contributed by atoms with Crippen LogP contribution in [-0.4, -0.2) is 185 Å². The van der Waals surface area contributed by atoms with E-state index in [1.165, 1.54) is 71.4 Å². The highest BCUT2D eigenvalue weighted by Crippen LogP contribution is 2.47. The van der Waals surface area contributed by atoms with Gasteiger partial charge in [-0.2, -0.15) is 0 Å². The van der Waals surface area contributed by atoms with Gasteiger partial charge in [0.25, 0.3) is 5.69 Å². The number of ether oxygens (including phenoxy) is 7. The molecule has 7 aliphatic rings. The van der Waals surface area contributed by atoms with Gasteiger partial charge in [0, 0.05) is 24.3 Å². The number of carbonyl (C=O) groups is 8. The number of hydrogen-bond acceptors (Lipinski definition) is 23. The van der Waals surface area contributed by atoms with Crippen LogP contribution in [0.1, 0.15) is 292 Å². The van der Waals surface area contributed by atoms with E-state index in [9.17, 15) is 58.7 Å². The summed E-state index contributed by atoms with van der Waals surface area (Å²) in [5.74, 6) is -1.94. The monoisotopic (exact) mass is 1740 g/mol. The number of aliphatic hydroxyl groups is 4. The van der Waals surface area contributed by atoms with Crippen molar-refractivity contribution in [2.75, 3.05) is 47.1 Å². The van der Waals surface area contributed by atoms with Crippen LogP contribution in [0.5, 0.6) is 0 Å². The van der Waals surface area contributed by atoms with E-state index < -0.39 is 38.9 Å². The number of non-ortho nitro benzene ring substituents is 1. The zero-order valence-corrected chi connectivity index (χ0v) is 76.4. The van der Waals surface area contributed by atoms with Crippen LogP contribution in [0.15, 0.2) is 24.3 Å². The SMILES string of the molecule is CCC1(C(=O)OC)CCC(O)CC1.CCC1(C(=O)OC)CCC(O)CC1.CCC1(C(=O)OC)CCC(OC(=O)c2ccc([N+](=O)[O-])cc2)CC1.CCC1(C(=O)OC)CCC(O[Si](C)(C)C(C)(C)C)CC1.CCI.COC(=O)C1CCC(O)CC1.COC(=O)C1CCC(O[Si](C)(C)C(C)(C)C)CC1.O=C(O)C1CCC(O)CC1. The van der Waals surface area contributed by atoms with Crippen LogP contribution in [0.2, 0.25) is 36.3 Å². The molecule has 0 amide bonds. The van der Waals surface area contributed by atoms with Gasteiger partial charge in [-0.05, 0) is 258 Å². The number of alkyl halides is 1. The Morgan fingerprint density at radius 3 is 0.920 bits per heavy atom. The average Bonchev–Trinajstić information content (AvgIpc) is 0.812. The minimum absolute atomic E-state index is 0.0309. The molecule has 0 unspecified atom stereocenters. The smallest absolute Gasteiger partial charge is 0.338 e. The van der Waals surface area contributed by atoms with Crippen molar-refractivity contribution in [3.63, 3.8) is 0 Å². The minimum Gasteiger partial charge on any atom is -0.481 e. The molecule has 0 atom stereocenters. The van der Waals surface area contributed by atoms with E-state index in [2.05, 4.69) is 109 Å². The molecular formula is C84H148INO24Si2. The lowest BCUT2D eigenvalue weighted by Crippen LogP contribution is -2.46. The first-order valence-corrected chi connectivity index (χ1v) is 48.5. The normalized spacial score (nSPS) is 28.4. The van der Waals surface area contributed by atoms with E-state index >= 15 is 0 Å². The van der Waals surface area contributed by atoms with Gasteiger partial charge >= 0.3 is 47.8 Å². The minimum atomic E-state index is -1.70.